The van der Waals surface area contributed by atoms with Crippen LogP contribution in [0.15, 0.2) is 23.2 Å². The SMILES string of the molecule is COC(=O)C(C)CNC(=NCC(=O)NC(C)(C)C)Nc1ccc2c(c1)OCCCO2. The number of benzene rings is 1. The third kappa shape index (κ3) is 7.81. The molecule has 1 aliphatic rings. The molecule has 30 heavy (non-hydrogen) atoms. The summed E-state index contributed by atoms with van der Waals surface area (Å²) in [6, 6.07) is 5.48. The quantitative estimate of drug-likeness (QED) is 0.366. The zero-order valence-corrected chi connectivity index (χ0v) is 18.3. The van der Waals surface area contributed by atoms with Crippen LogP contribution in [0.4, 0.5) is 5.69 Å². The van der Waals surface area contributed by atoms with Gasteiger partial charge in [-0.05, 0) is 32.9 Å². The number of carbonyl (C=O) groups is 2. The molecule has 1 atom stereocenters. The highest BCUT2D eigenvalue weighted by atomic mass is 16.5. The van der Waals surface area contributed by atoms with Gasteiger partial charge in [0.25, 0.3) is 0 Å². The molecule has 1 aliphatic heterocycles. The number of fused-ring (bicyclic) bond motifs is 1. The van der Waals surface area contributed by atoms with Crippen LogP contribution in [0.25, 0.3) is 0 Å². The molecular formula is C21H32N4O5. The van der Waals surface area contributed by atoms with Gasteiger partial charge in [0, 0.05) is 30.3 Å². The number of esters is 1. The van der Waals surface area contributed by atoms with Crippen molar-refractivity contribution in [3.05, 3.63) is 18.2 Å². The van der Waals surface area contributed by atoms with E-state index in [-0.39, 0.29) is 29.9 Å². The third-order valence-corrected chi connectivity index (χ3v) is 4.08. The first kappa shape index (κ1) is 23.3. The maximum atomic E-state index is 12.2. The fourth-order valence-corrected chi connectivity index (χ4v) is 2.66. The number of hydrogen-bond acceptors (Lipinski definition) is 6. The van der Waals surface area contributed by atoms with E-state index in [4.69, 9.17) is 14.2 Å². The number of nitrogens with zero attached hydrogens (tertiary/aromatic N) is 1. The third-order valence-electron chi connectivity index (χ3n) is 4.08. The molecule has 0 aliphatic carbocycles. The smallest absolute Gasteiger partial charge is 0.310 e. The molecule has 0 fully saturated rings. The van der Waals surface area contributed by atoms with Crippen molar-refractivity contribution in [2.24, 2.45) is 10.9 Å². The van der Waals surface area contributed by atoms with Crippen molar-refractivity contribution in [2.45, 2.75) is 39.7 Å². The van der Waals surface area contributed by atoms with Crippen LogP contribution in [0.2, 0.25) is 0 Å². The Balaban J connectivity index is 2.11. The molecule has 0 spiro atoms. The summed E-state index contributed by atoms with van der Waals surface area (Å²) in [5.41, 5.74) is 0.369. The summed E-state index contributed by atoms with van der Waals surface area (Å²) in [4.78, 5) is 28.2. The van der Waals surface area contributed by atoms with Gasteiger partial charge in [-0.15, -0.1) is 0 Å². The van der Waals surface area contributed by atoms with E-state index < -0.39 is 0 Å². The standard InChI is InChI=1S/C21H32N4O5/c1-14(19(27)28-5)12-22-20(23-13-18(26)25-21(2,3)4)24-15-7-8-16-17(11-15)30-10-6-9-29-16/h7-8,11,14H,6,9-10,12-13H2,1-5H3,(H,25,26)(H2,22,23,24). The molecule has 9 nitrogen and oxygen atoms in total. The molecule has 0 saturated heterocycles. The molecule has 0 saturated carbocycles. The number of nitrogens with one attached hydrogen (secondary N) is 3. The largest absolute Gasteiger partial charge is 0.490 e. The lowest BCUT2D eigenvalue weighted by atomic mass is 10.1. The Bertz CT molecular complexity index is 773. The number of aliphatic imine (C=N–C) groups is 1. The molecule has 3 N–H and O–H groups in total. The van der Waals surface area contributed by atoms with Gasteiger partial charge in [0.2, 0.25) is 5.91 Å². The van der Waals surface area contributed by atoms with E-state index in [9.17, 15) is 9.59 Å². The van der Waals surface area contributed by atoms with Crippen molar-refractivity contribution >= 4 is 23.5 Å². The Morgan fingerprint density at radius 1 is 1.20 bits per heavy atom. The van der Waals surface area contributed by atoms with E-state index in [2.05, 4.69) is 20.9 Å². The number of anilines is 1. The molecule has 0 aromatic heterocycles. The van der Waals surface area contributed by atoms with Gasteiger partial charge in [-0.2, -0.15) is 0 Å². The van der Waals surface area contributed by atoms with Gasteiger partial charge in [-0.3, -0.25) is 9.59 Å². The summed E-state index contributed by atoms with van der Waals surface area (Å²) >= 11 is 0. The Labute approximate surface area is 177 Å². The summed E-state index contributed by atoms with van der Waals surface area (Å²) in [7, 11) is 1.35. The highest BCUT2D eigenvalue weighted by molar-refractivity contribution is 5.95. The summed E-state index contributed by atoms with van der Waals surface area (Å²) < 4.78 is 16.1. The van der Waals surface area contributed by atoms with Crippen molar-refractivity contribution in [3.8, 4) is 11.5 Å². The van der Waals surface area contributed by atoms with Gasteiger partial charge >= 0.3 is 5.97 Å². The monoisotopic (exact) mass is 420 g/mol. The number of ether oxygens (including phenoxy) is 3. The van der Waals surface area contributed by atoms with Crippen molar-refractivity contribution in [3.63, 3.8) is 0 Å². The van der Waals surface area contributed by atoms with E-state index in [0.29, 0.717) is 42.9 Å². The molecule has 1 heterocycles. The first-order chi connectivity index (χ1) is 14.2. The van der Waals surface area contributed by atoms with E-state index in [1.165, 1.54) is 7.11 Å². The summed E-state index contributed by atoms with van der Waals surface area (Å²) in [6.07, 6.45) is 0.819. The Kier molecular flexibility index (Phi) is 8.32. The van der Waals surface area contributed by atoms with Crippen LogP contribution < -0.4 is 25.4 Å². The second-order valence-electron chi connectivity index (χ2n) is 8.11. The Morgan fingerprint density at radius 3 is 2.57 bits per heavy atom. The zero-order valence-electron chi connectivity index (χ0n) is 18.3. The number of guanidine groups is 1. The van der Waals surface area contributed by atoms with Crippen molar-refractivity contribution < 1.29 is 23.8 Å². The number of amides is 1. The maximum Gasteiger partial charge on any atom is 0.310 e. The summed E-state index contributed by atoms with van der Waals surface area (Å²) in [6.45, 7) is 8.89. The highest BCUT2D eigenvalue weighted by Crippen LogP contribution is 2.32. The number of hydrogen-bond donors (Lipinski definition) is 3. The van der Waals surface area contributed by atoms with Crippen molar-refractivity contribution in [1.82, 2.24) is 10.6 Å². The second kappa shape index (κ2) is 10.7. The molecule has 9 heteroatoms. The van der Waals surface area contributed by atoms with Crippen LogP contribution in [0.1, 0.15) is 34.1 Å². The normalized spacial score (nSPS) is 14.9. The van der Waals surface area contributed by atoms with E-state index in [1.54, 1.807) is 6.92 Å². The summed E-state index contributed by atoms with van der Waals surface area (Å²) in [5, 5.41) is 9.10. The molecule has 1 aromatic carbocycles. The topological polar surface area (TPSA) is 110 Å². The summed E-state index contributed by atoms with van der Waals surface area (Å²) in [5.74, 6) is 0.781. The highest BCUT2D eigenvalue weighted by Gasteiger charge is 2.16. The average molecular weight is 421 g/mol. The van der Waals surface area contributed by atoms with Crippen LogP contribution in [0, 0.1) is 5.92 Å². The van der Waals surface area contributed by atoms with Crippen molar-refractivity contribution in [1.29, 1.82) is 0 Å². The predicted octanol–water partition coefficient (Wildman–Crippen LogP) is 1.93. The van der Waals surface area contributed by atoms with E-state index >= 15 is 0 Å². The van der Waals surface area contributed by atoms with Crippen LogP contribution >= 0.6 is 0 Å². The number of carbonyl (C=O) groups excluding carboxylic acids is 2. The maximum absolute atomic E-state index is 12.2. The van der Waals surface area contributed by atoms with Crippen LogP contribution in [0.3, 0.4) is 0 Å². The molecule has 1 unspecified atom stereocenters. The molecule has 0 radical (unpaired) electrons. The van der Waals surface area contributed by atoms with Gasteiger partial charge in [-0.25, -0.2) is 4.99 Å². The lowest BCUT2D eigenvalue weighted by molar-refractivity contribution is -0.144. The Morgan fingerprint density at radius 2 is 1.90 bits per heavy atom. The van der Waals surface area contributed by atoms with Gasteiger partial charge in [0.15, 0.2) is 17.5 Å². The lowest BCUT2D eigenvalue weighted by Gasteiger charge is -2.20. The number of methoxy groups -OCH3 is 1. The second-order valence-corrected chi connectivity index (χ2v) is 8.11. The zero-order chi connectivity index (χ0) is 22.1. The van der Waals surface area contributed by atoms with E-state index in [1.807, 2.05) is 39.0 Å². The minimum atomic E-state index is -0.380. The predicted molar refractivity (Wildman–Crippen MR) is 115 cm³/mol. The van der Waals surface area contributed by atoms with Crippen LogP contribution in [-0.2, 0) is 14.3 Å². The number of rotatable bonds is 6. The van der Waals surface area contributed by atoms with Gasteiger partial charge < -0.3 is 30.2 Å². The molecule has 1 aromatic rings. The molecule has 1 amide bonds. The van der Waals surface area contributed by atoms with Crippen LogP contribution in [0.5, 0.6) is 11.5 Å². The van der Waals surface area contributed by atoms with Gasteiger partial charge in [0.1, 0.15) is 6.54 Å². The minimum absolute atomic E-state index is 0.0657. The first-order valence-corrected chi connectivity index (χ1v) is 10.0. The average Bonchev–Trinajstić information content (AvgIpc) is 2.92. The fourth-order valence-electron chi connectivity index (χ4n) is 2.66. The molecule has 2 rings (SSSR count). The van der Waals surface area contributed by atoms with Crippen molar-refractivity contribution in [2.75, 3.05) is 38.7 Å². The Hall–Kier alpha value is -2.97. The molecular weight excluding hydrogens is 388 g/mol. The van der Waals surface area contributed by atoms with Gasteiger partial charge in [-0.1, -0.05) is 6.92 Å². The fraction of sp³-hybridized carbons (Fsp3) is 0.571. The molecule has 0 bridgehead atoms. The lowest BCUT2D eigenvalue weighted by Crippen LogP contribution is -2.42. The minimum Gasteiger partial charge on any atom is -0.490 e. The molecule has 166 valence electrons. The van der Waals surface area contributed by atoms with Gasteiger partial charge in [0.05, 0.1) is 26.2 Å². The first-order valence-electron chi connectivity index (χ1n) is 10.0. The van der Waals surface area contributed by atoms with Crippen LogP contribution in [-0.4, -0.2) is 56.8 Å². The van der Waals surface area contributed by atoms with E-state index in [0.717, 1.165) is 6.42 Å².